The molecule has 1 aromatic carbocycles. The zero-order valence-electron chi connectivity index (χ0n) is 10.1. The Morgan fingerprint density at radius 2 is 2.12 bits per heavy atom. The number of aryl methyl sites for hydroxylation is 1. The van der Waals surface area contributed by atoms with Crippen molar-refractivity contribution >= 4 is 11.6 Å². The van der Waals surface area contributed by atoms with Gasteiger partial charge in [-0.1, -0.05) is 17.7 Å². The summed E-state index contributed by atoms with van der Waals surface area (Å²) in [6.45, 7) is 4.23. The van der Waals surface area contributed by atoms with Crippen LogP contribution in [0.15, 0.2) is 12.1 Å². The van der Waals surface area contributed by atoms with Gasteiger partial charge in [-0.3, -0.25) is 0 Å². The summed E-state index contributed by atoms with van der Waals surface area (Å²) in [4.78, 5) is 0. The summed E-state index contributed by atoms with van der Waals surface area (Å²) in [5.74, 6) is 1.50. The lowest BCUT2D eigenvalue weighted by molar-refractivity contribution is 0.298. The molecule has 1 unspecified atom stereocenters. The molecule has 0 radical (unpaired) electrons. The van der Waals surface area contributed by atoms with Crippen molar-refractivity contribution in [2.45, 2.75) is 38.2 Å². The van der Waals surface area contributed by atoms with Gasteiger partial charge >= 0.3 is 0 Å². The third kappa shape index (κ3) is 2.43. The number of rotatable bonds is 3. The van der Waals surface area contributed by atoms with E-state index in [9.17, 15) is 0 Å². The number of ether oxygens (including phenoxy) is 1. The molecule has 3 heteroatoms. The SMILES string of the molecule is Cc1cc(Cl)c(OC2CC2)c(C2CCNC2)c1. The largest absolute Gasteiger partial charge is 0.489 e. The molecule has 1 saturated carbocycles. The molecule has 1 aliphatic heterocycles. The molecule has 1 heterocycles. The quantitative estimate of drug-likeness (QED) is 0.890. The van der Waals surface area contributed by atoms with Crippen LogP contribution in [0.2, 0.25) is 5.02 Å². The monoisotopic (exact) mass is 251 g/mol. The number of hydrogen-bond donors (Lipinski definition) is 1. The Bertz CT molecular complexity index is 422. The zero-order chi connectivity index (χ0) is 11.8. The van der Waals surface area contributed by atoms with Gasteiger partial charge in [-0.05, 0) is 44.4 Å². The fourth-order valence-corrected chi connectivity index (χ4v) is 2.78. The van der Waals surface area contributed by atoms with Crippen LogP contribution in [-0.4, -0.2) is 19.2 Å². The summed E-state index contributed by atoms with van der Waals surface area (Å²) < 4.78 is 5.99. The summed E-state index contributed by atoms with van der Waals surface area (Å²) >= 11 is 6.34. The smallest absolute Gasteiger partial charge is 0.141 e. The molecule has 0 bridgehead atoms. The van der Waals surface area contributed by atoms with Crippen LogP contribution in [0.3, 0.4) is 0 Å². The third-order valence-electron chi connectivity index (χ3n) is 3.53. The van der Waals surface area contributed by atoms with Gasteiger partial charge in [-0.15, -0.1) is 0 Å². The van der Waals surface area contributed by atoms with E-state index in [1.165, 1.54) is 30.4 Å². The lowest BCUT2D eigenvalue weighted by Gasteiger charge is -2.18. The molecule has 17 heavy (non-hydrogen) atoms. The molecule has 0 spiro atoms. The minimum absolute atomic E-state index is 0.406. The van der Waals surface area contributed by atoms with E-state index in [0.29, 0.717) is 12.0 Å². The van der Waals surface area contributed by atoms with Gasteiger partial charge in [0.05, 0.1) is 11.1 Å². The van der Waals surface area contributed by atoms with Crippen molar-refractivity contribution in [1.29, 1.82) is 0 Å². The summed E-state index contributed by atoms with van der Waals surface area (Å²) in [7, 11) is 0. The van der Waals surface area contributed by atoms with Gasteiger partial charge in [-0.2, -0.15) is 0 Å². The Morgan fingerprint density at radius 1 is 1.29 bits per heavy atom. The molecule has 0 aromatic heterocycles. The predicted octanol–water partition coefficient (Wildman–Crippen LogP) is 3.27. The first-order valence-corrected chi connectivity index (χ1v) is 6.79. The molecular weight excluding hydrogens is 234 g/mol. The van der Waals surface area contributed by atoms with Gasteiger partial charge in [0.15, 0.2) is 0 Å². The number of halogens is 1. The maximum Gasteiger partial charge on any atom is 0.141 e. The first-order chi connectivity index (χ1) is 8.24. The van der Waals surface area contributed by atoms with E-state index in [-0.39, 0.29) is 0 Å². The van der Waals surface area contributed by atoms with Crippen LogP contribution < -0.4 is 10.1 Å². The van der Waals surface area contributed by atoms with E-state index in [4.69, 9.17) is 16.3 Å². The molecule has 0 amide bonds. The maximum atomic E-state index is 6.34. The Morgan fingerprint density at radius 3 is 2.76 bits per heavy atom. The Balaban J connectivity index is 1.96. The van der Waals surface area contributed by atoms with Crippen LogP contribution in [0.1, 0.15) is 36.3 Å². The molecule has 2 fully saturated rings. The zero-order valence-corrected chi connectivity index (χ0v) is 10.9. The average Bonchev–Trinajstić information content (AvgIpc) is 2.93. The highest BCUT2D eigenvalue weighted by Crippen LogP contribution is 2.40. The normalized spacial score (nSPS) is 24.0. The summed E-state index contributed by atoms with van der Waals surface area (Å²) in [6.07, 6.45) is 3.93. The van der Waals surface area contributed by atoms with E-state index >= 15 is 0 Å². The standard InChI is InChI=1S/C14H18ClNO/c1-9-6-12(10-4-5-16-8-10)14(13(15)7-9)17-11-2-3-11/h6-7,10-11,16H,2-5,8H2,1H3. The number of benzene rings is 1. The van der Waals surface area contributed by atoms with Crippen molar-refractivity contribution in [2.24, 2.45) is 0 Å². The van der Waals surface area contributed by atoms with E-state index in [1.54, 1.807) is 0 Å². The average molecular weight is 252 g/mol. The van der Waals surface area contributed by atoms with Crippen LogP contribution >= 0.6 is 11.6 Å². The van der Waals surface area contributed by atoms with Crippen molar-refractivity contribution in [3.63, 3.8) is 0 Å². The fraction of sp³-hybridized carbons (Fsp3) is 0.571. The highest BCUT2D eigenvalue weighted by molar-refractivity contribution is 6.32. The molecule has 92 valence electrons. The van der Waals surface area contributed by atoms with Crippen molar-refractivity contribution in [2.75, 3.05) is 13.1 Å². The van der Waals surface area contributed by atoms with E-state index in [1.807, 2.05) is 6.07 Å². The molecule has 3 rings (SSSR count). The predicted molar refractivity (Wildman–Crippen MR) is 70.1 cm³/mol. The molecule has 1 N–H and O–H groups in total. The summed E-state index contributed by atoms with van der Waals surface area (Å²) in [6, 6.07) is 4.24. The first-order valence-electron chi connectivity index (χ1n) is 6.41. The van der Waals surface area contributed by atoms with Crippen molar-refractivity contribution in [3.05, 3.63) is 28.3 Å². The Labute approximate surface area is 107 Å². The van der Waals surface area contributed by atoms with Crippen molar-refractivity contribution < 1.29 is 4.74 Å². The molecule has 1 saturated heterocycles. The van der Waals surface area contributed by atoms with E-state index in [2.05, 4.69) is 18.3 Å². The van der Waals surface area contributed by atoms with E-state index in [0.717, 1.165) is 23.9 Å². The lowest BCUT2D eigenvalue weighted by atomic mass is 9.95. The molecule has 2 aliphatic rings. The van der Waals surface area contributed by atoms with Crippen molar-refractivity contribution in [3.8, 4) is 5.75 Å². The molecule has 1 aromatic rings. The highest BCUT2D eigenvalue weighted by atomic mass is 35.5. The Hall–Kier alpha value is -0.730. The topological polar surface area (TPSA) is 21.3 Å². The minimum Gasteiger partial charge on any atom is -0.489 e. The second-order valence-electron chi connectivity index (χ2n) is 5.17. The van der Waals surface area contributed by atoms with Gasteiger partial charge in [-0.25, -0.2) is 0 Å². The molecule has 2 nitrogen and oxygen atoms in total. The number of hydrogen-bond acceptors (Lipinski definition) is 2. The second-order valence-corrected chi connectivity index (χ2v) is 5.58. The van der Waals surface area contributed by atoms with Gasteiger partial charge in [0, 0.05) is 18.0 Å². The molecule has 1 aliphatic carbocycles. The van der Waals surface area contributed by atoms with Gasteiger partial charge in [0.2, 0.25) is 0 Å². The van der Waals surface area contributed by atoms with Gasteiger partial charge < -0.3 is 10.1 Å². The highest BCUT2D eigenvalue weighted by Gasteiger charge is 2.28. The lowest BCUT2D eigenvalue weighted by Crippen LogP contribution is -2.10. The Kier molecular flexibility index (Phi) is 3.01. The van der Waals surface area contributed by atoms with Crippen LogP contribution in [-0.2, 0) is 0 Å². The minimum atomic E-state index is 0.406. The van der Waals surface area contributed by atoms with Gasteiger partial charge in [0.25, 0.3) is 0 Å². The molecule has 1 atom stereocenters. The van der Waals surface area contributed by atoms with Crippen LogP contribution in [0.25, 0.3) is 0 Å². The molecular formula is C14H18ClNO. The third-order valence-corrected chi connectivity index (χ3v) is 3.81. The first kappa shape index (κ1) is 11.4. The van der Waals surface area contributed by atoms with Crippen LogP contribution in [0.4, 0.5) is 0 Å². The fourth-order valence-electron chi connectivity index (χ4n) is 2.46. The van der Waals surface area contributed by atoms with Crippen molar-refractivity contribution in [1.82, 2.24) is 5.32 Å². The summed E-state index contributed by atoms with van der Waals surface area (Å²) in [5.41, 5.74) is 2.52. The van der Waals surface area contributed by atoms with E-state index < -0.39 is 0 Å². The van der Waals surface area contributed by atoms with Crippen LogP contribution in [0, 0.1) is 6.92 Å². The van der Waals surface area contributed by atoms with Gasteiger partial charge in [0.1, 0.15) is 5.75 Å². The maximum absolute atomic E-state index is 6.34. The second kappa shape index (κ2) is 4.51. The number of nitrogens with one attached hydrogen (secondary N) is 1. The summed E-state index contributed by atoms with van der Waals surface area (Å²) in [5, 5.41) is 4.18. The van der Waals surface area contributed by atoms with Crippen LogP contribution in [0.5, 0.6) is 5.75 Å².